The molecule has 0 bridgehead atoms. The number of para-hydroxylation sites is 1. The molecule has 0 saturated heterocycles. The monoisotopic (exact) mass is 235 g/mol. The van der Waals surface area contributed by atoms with Gasteiger partial charge in [0, 0.05) is 29.9 Å². The SMILES string of the molecule is C1=NCN(c2ccccc2)C(c2ccncc2)=C1. The summed E-state index contributed by atoms with van der Waals surface area (Å²) in [5, 5.41) is 0. The molecule has 0 atom stereocenters. The van der Waals surface area contributed by atoms with Gasteiger partial charge in [-0.3, -0.25) is 9.98 Å². The van der Waals surface area contributed by atoms with E-state index in [-0.39, 0.29) is 0 Å². The van der Waals surface area contributed by atoms with Crippen molar-refractivity contribution < 1.29 is 0 Å². The Labute approximate surface area is 106 Å². The van der Waals surface area contributed by atoms with Gasteiger partial charge >= 0.3 is 0 Å². The lowest BCUT2D eigenvalue weighted by Crippen LogP contribution is -2.24. The first-order chi connectivity index (χ1) is 8.95. The number of hydrogen-bond acceptors (Lipinski definition) is 3. The van der Waals surface area contributed by atoms with Crippen molar-refractivity contribution in [2.75, 3.05) is 11.6 Å². The van der Waals surface area contributed by atoms with Gasteiger partial charge in [-0.25, -0.2) is 0 Å². The summed E-state index contributed by atoms with van der Waals surface area (Å²) in [6.45, 7) is 0.651. The summed E-state index contributed by atoms with van der Waals surface area (Å²) in [6, 6.07) is 14.3. The van der Waals surface area contributed by atoms with Gasteiger partial charge in [-0.05, 0) is 30.3 Å². The third-order valence-corrected chi connectivity index (χ3v) is 2.90. The second-order valence-electron chi connectivity index (χ2n) is 4.02. The average Bonchev–Trinajstić information content (AvgIpc) is 2.49. The van der Waals surface area contributed by atoms with Gasteiger partial charge in [-0.1, -0.05) is 18.2 Å². The molecule has 0 amide bonds. The van der Waals surface area contributed by atoms with E-state index in [0.717, 1.165) is 16.9 Å². The summed E-state index contributed by atoms with van der Waals surface area (Å²) in [4.78, 5) is 10.6. The molecular weight excluding hydrogens is 222 g/mol. The normalized spacial score (nSPS) is 14.4. The highest BCUT2D eigenvalue weighted by molar-refractivity contribution is 5.92. The van der Waals surface area contributed by atoms with E-state index in [2.05, 4.69) is 27.0 Å². The molecule has 0 N–H and O–H groups in total. The van der Waals surface area contributed by atoms with Gasteiger partial charge in [0.25, 0.3) is 0 Å². The Morgan fingerprint density at radius 3 is 2.50 bits per heavy atom. The maximum absolute atomic E-state index is 4.32. The molecule has 18 heavy (non-hydrogen) atoms. The molecule has 1 aliphatic rings. The van der Waals surface area contributed by atoms with Crippen LogP contribution in [-0.4, -0.2) is 17.9 Å². The maximum Gasteiger partial charge on any atom is 0.114 e. The van der Waals surface area contributed by atoms with Crippen LogP contribution in [0.4, 0.5) is 5.69 Å². The fourth-order valence-electron chi connectivity index (χ4n) is 2.02. The van der Waals surface area contributed by atoms with Crippen molar-refractivity contribution in [1.82, 2.24) is 4.98 Å². The van der Waals surface area contributed by atoms with Crippen LogP contribution in [-0.2, 0) is 0 Å². The molecule has 88 valence electrons. The molecule has 0 unspecified atom stereocenters. The molecule has 1 aromatic carbocycles. The highest BCUT2D eigenvalue weighted by Crippen LogP contribution is 2.26. The van der Waals surface area contributed by atoms with Crippen molar-refractivity contribution >= 4 is 17.6 Å². The molecule has 2 heterocycles. The minimum Gasteiger partial charge on any atom is -0.321 e. The summed E-state index contributed by atoms with van der Waals surface area (Å²) < 4.78 is 0. The van der Waals surface area contributed by atoms with Crippen LogP contribution in [0, 0.1) is 0 Å². The molecule has 0 saturated carbocycles. The summed E-state index contributed by atoms with van der Waals surface area (Å²) in [6.07, 6.45) is 7.51. The molecule has 1 aromatic heterocycles. The second kappa shape index (κ2) is 4.84. The zero-order valence-electron chi connectivity index (χ0n) is 9.90. The van der Waals surface area contributed by atoms with Gasteiger partial charge in [0.05, 0.1) is 5.70 Å². The van der Waals surface area contributed by atoms with Crippen LogP contribution in [0.15, 0.2) is 65.9 Å². The third-order valence-electron chi connectivity index (χ3n) is 2.90. The van der Waals surface area contributed by atoms with Gasteiger partial charge in [0.15, 0.2) is 0 Å². The van der Waals surface area contributed by atoms with Crippen molar-refractivity contribution in [3.63, 3.8) is 0 Å². The first kappa shape index (κ1) is 10.7. The first-order valence-electron chi connectivity index (χ1n) is 5.88. The van der Waals surface area contributed by atoms with Crippen LogP contribution in [0.2, 0.25) is 0 Å². The van der Waals surface area contributed by atoms with Crippen molar-refractivity contribution in [3.05, 3.63) is 66.5 Å². The lowest BCUT2D eigenvalue weighted by atomic mass is 10.1. The van der Waals surface area contributed by atoms with Crippen molar-refractivity contribution in [2.24, 2.45) is 4.99 Å². The largest absolute Gasteiger partial charge is 0.321 e. The number of aliphatic imine (C=N–C) groups is 1. The fraction of sp³-hybridized carbons (Fsp3) is 0.0667. The van der Waals surface area contributed by atoms with Crippen LogP contribution in [0.5, 0.6) is 0 Å². The zero-order chi connectivity index (χ0) is 12.2. The number of allylic oxidation sites excluding steroid dienone is 1. The van der Waals surface area contributed by atoms with Crippen LogP contribution < -0.4 is 4.90 Å². The molecule has 0 spiro atoms. The van der Waals surface area contributed by atoms with E-state index in [1.54, 1.807) is 0 Å². The number of rotatable bonds is 2. The minimum absolute atomic E-state index is 0.651. The van der Waals surface area contributed by atoms with E-state index in [1.165, 1.54) is 0 Å². The van der Waals surface area contributed by atoms with E-state index in [9.17, 15) is 0 Å². The van der Waals surface area contributed by atoms with E-state index in [4.69, 9.17) is 0 Å². The predicted molar refractivity (Wildman–Crippen MR) is 74.5 cm³/mol. The number of pyridine rings is 1. The summed E-state index contributed by atoms with van der Waals surface area (Å²) in [5.41, 5.74) is 3.45. The molecule has 3 heteroatoms. The van der Waals surface area contributed by atoms with Gasteiger partial charge in [0.2, 0.25) is 0 Å². The van der Waals surface area contributed by atoms with Gasteiger partial charge < -0.3 is 4.90 Å². The second-order valence-corrected chi connectivity index (χ2v) is 4.02. The smallest absolute Gasteiger partial charge is 0.114 e. The molecular formula is C15H13N3. The quantitative estimate of drug-likeness (QED) is 0.800. The number of aromatic nitrogens is 1. The van der Waals surface area contributed by atoms with E-state index in [0.29, 0.717) is 6.67 Å². The molecule has 3 rings (SSSR count). The maximum atomic E-state index is 4.32. The Hall–Kier alpha value is -2.42. The van der Waals surface area contributed by atoms with E-state index in [1.807, 2.05) is 55.0 Å². The summed E-state index contributed by atoms with van der Waals surface area (Å²) in [5.74, 6) is 0. The van der Waals surface area contributed by atoms with Crippen LogP contribution >= 0.6 is 0 Å². The number of hydrogen-bond donors (Lipinski definition) is 0. The Balaban J connectivity index is 2.01. The lowest BCUT2D eigenvalue weighted by molar-refractivity contribution is 0.984. The van der Waals surface area contributed by atoms with Crippen molar-refractivity contribution in [1.29, 1.82) is 0 Å². The van der Waals surface area contributed by atoms with E-state index >= 15 is 0 Å². The topological polar surface area (TPSA) is 28.5 Å². The van der Waals surface area contributed by atoms with E-state index < -0.39 is 0 Å². The lowest BCUT2D eigenvalue weighted by Gasteiger charge is -2.27. The van der Waals surface area contributed by atoms with Crippen LogP contribution in [0.1, 0.15) is 5.56 Å². The Kier molecular flexibility index (Phi) is 2.88. The molecule has 0 fully saturated rings. The van der Waals surface area contributed by atoms with Gasteiger partial charge in [-0.15, -0.1) is 0 Å². The Morgan fingerprint density at radius 2 is 1.72 bits per heavy atom. The molecule has 2 aromatic rings. The minimum atomic E-state index is 0.651. The Bertz CT molecular complexity index is 573. The molecule has 1 aliphatic heterocycles. The molecule has 0 radical (unpaired) electrons. The Morgan fingerprint density at radius 1 is 0.944 bits per heavy atom. The highest BCUT2D eigenvalue weighted by atomic mass is 15.2. The average molecular weight is 235 g/mol. The standard InChI is InChI=1S/C15H13N3/c1-2-4-14(5-3-1)18-12-17-11-8-15(18)13-6-9-16-10-7-13/h1-11H,12H2. The number of nitrogens with zero attached hydrogens (tertiary/aromatic N) is 3. The summed E-state index contributed by atoms with van der Waals surface area (Å²) >= 11 is 0. The first-order valence-corrected chi connectivity index (χ1v) is 5.88. The molecule has 0 aliphatic carbocycles. The number of anilines is 1. The van der Waals surface area contributed by atoms with Crippen LogP contribution in [0.3, 0.4) is 0 Å². The zero-order valence-corrected chi connectivity index (χ0v) is 9.90. The van der Waals surface area contributed by atoms with Crippen LogP contribution in [0.25, 0.3) is 5.70 Å². The van der Waals surface area contributed by atoms with Crippen molar-refractivity contribution in [2.45, 2.75) is 0 Å². The third kappa shape index (κ3) is 2.02. The summed E-state index contributed by atoms with van der Waals surface area (Å²) in [7, 11) is 0. The number of benzene rings is 1. The van der Waals surface area contributed by atoms with Gasteiger partial charge in [-0.2, -0.15) is 0 Å². The highest BCUT2D eigenvalue weighted by Gasteiger charge is 2.14. The fourth-order valence-corrected chi connectivity index (χ4v) is 2.02. The van der Waals surface area contributed by atoms with Gasteiger partial charge in [0.1, 0.15) is 6.67 Å². The molecule has 3 nitrogen and oxygen atoms in total. The van der Waals surface area contributed by atoms with Crippen molar-refractivity contribution in [3.8, 4) is 0 Å². The predicted octanol–water partition coefficient (Wildman–Crippen LogP) is 2.97.